The highest BCUT2D eigenvalue weighted by Gasteiger charge is 2.50. The Bertz CT molecular complexity index is 903. The van der Waals surface area contributed by atoms with E-state index < -0.39 is 11.8 Å². The van der Waals surface area contributed by atoms with Gasteiger partial charge in [0.1, 0.15) is 5.78 Å². The summed E-state index contributed by atoms with van der Waals surface area (Å²) < 4.78 is 10.7. The van der Waals surface area contributed by atoms with Crippen molar-refractivity contribution < 1.29 is 19.1 Å². The summed E-state index contributed by atoms with van der Waals surface area (Å²) in [4.78, 5) is 27.7. The number of benzene rings is 2. The number of hydrogen-bond donors (Lipinski definition) is 0. The molecule has 1 heterocycles. The summed E-state index contributed by atoms with van der Waals surface area (Å²) in [5.74, 6) is -0.114. The first-order valence-electron chi connectivity index (χ1n) is 9.65. The van der Waals surface area contributed by atoms with Gasteiger partial charge in [0.2, 0.25) is 0 Å². The monoisotopic (exact) mass is 393 g/mol. The largest absolute Gasteiger partial charge is 0.354 e. The van der Waals surface area contributed by atoms with E-state index >= 15 is 0 Å². The highest BCUT2D eigenvalue weighted by atomic mass is 16.7. The van der Waals surface area contributed by atoms with Crippen LogP contribution in [0, 0.1) is 0 Å². The van der Waals surface area contributed by atoms with Gasteiger partial charge >= 0.3 is 0 Å². The maximum absolute atomic E-state index is 13.7. The van der Waals surface area contributed by atoms with E-state index in [0.29, 0.717) is 5.57 Å². The molecule has 0 N–H and O–H groups in total. The molecule has 29 heavy (non-hydrogen) atoms. The van der Waals surface area contributed by atoms with Crippen LogP contribution in [-0.2, 0) is 19.1 Å². The van der Waals surface area contributed by atoms with Gasteiger partial charge in [-0.1, -0.05) is 60.7 Å². The quantitative estimate of drug-likeness (QED) is 0.640. The third-order valence-corrected chi connectivity index (χ3v) is 5.42. The van der Waals surface area contributed by atoms with Gasteiger partial charge in [0.15, 0.2) is 6.29 Å². The van der Waals surface area contributed by atoms with Gasteiger partial charge in [-0.15, -0.1) is 0 Å². The Balaban J connectivity index is 2.25. The van der Waals surface area contributed by atoms with Gasteiger partial charge in [-0.3, -0.25) is 9.59 Å². The van der Waals surface area contributed by atoms with Gasteiger partial charge < -0.3 is 14.4 Å². The number of methoxy groups -OCH3 is 2. The zero-order valence-corrected chi connectivity index (χ0v) is 17.3. The number of ketones is 1. The summed E-state index contributed by atoms with van der Waals surface area (Å²) in [5.41, 5.74) is 2.42. The van der Waals surface area contributed by atoms with Crippen LogP contribution in [0.15, 0.2) is 60.7 Å². The van der Waals surface area contributed by atoms with Crippen LogP contribution < -0.4 is 0 Å². The molecular weight excluding hydrogens is 366 g/mol. The van der Waals surface area contributed by atoms with Gasteiger partial charge in [0.05, 0.1) is 17.7 Å². The van der Waals surface area contributed by atoms with Crippen LogP contribution in [-0.4, -0.2) is 49.2 Å². The molecule has 0 spiro atoms. The lowest BCUT2D eigenvalue weighted by Gasteiger charge is -2.38. The SMILES string of the molecule is COC(CN1C(=O)C(c2ccccc2)=C(c2ccccc2)C1(C)CC(C)=O)OC. The second-order valence-electron chi connectivity index (χ2n) is 7.45. The van der Waals surface area contributed by atoms with Gasteiger partial charge in [-0.25, -0.2) is 0 Å². The second kappa shape index (κ2) is 8.72. The first-order valence-corrected chi connectivity index (χ1v) is 9.65. The minimum absolute atomic E-state index is 0.0134. The number of amides is 1. The van der Waals surface area contributed by atoms with Crippen molar-refractivity contribution in [3.63, 3.8) is 0 Å². The smallest absolute Gasteiger partial charge is 0.255 e. The van der Waals surface area contributed by atoms with Crippen molar-refractivity contribution in [2.45, 2.75) is 32.1 Å². The summed E-state index contributed by atoms with van der Waals surface area (Å²) in [6.45, 7) is 3.73. The minimum Gasteiger partial charge on any atom is -0.354 e. The van der Waals surface area contributed by atoms with Crippen LogP contribution >= 0.6 is 0 Å². The van der Waals surface area contributed by atoms with E-state index in [1.807, 2.05) is 67.6 Å². The summed E-state index contributed by atoms with van der Waals surface area (Å²) in [7, 11) is 3.08. The zero-order valence-electron chi connectivity index (χ0n) is 17.3. The predicted octanol–water partition coefficient (Wildman–Crippen LogP) is 3.80. The number of ether oxygens (including phenoxy) is 2. The molecule has 0 radical (unpaired) electrons. The van der Waals surface area contributed by atoms with Crippen molar-refractivity contribution >= 4 is 22.8 Å². The van der Waals surface area contributed by atoms with Crippen molar-refractivity contribution in [2.75, 3.05) is 20.8 Å². The Hall–Kier alpha value is -2.76. The molecule has 0 aliphatic carbocycles. The van der Waals surface area contributed by atoms with E-state index in [4.69, 9.17) is 9.47 Å². The van der Waals surface area contributed by atoms with Crippen LogP contribution in [0.3, 0.4) is 0 Å². The Labute approximate surface area is 171 Å². The highest BCUT2D eigenvalue weighted by molar-refractivity contribution is 6.32. The molecule has 3 rings (SSSR count). The van der Waals surface area contributed by atoms with E-state index in [1.54, 1.807) is 26.0 Å². The number of nitrogens with zero attached hydrogens (tertiary/aromatic N) is 1. The number of carbonyl (C=O) groups is 2. The Morgan fingerprint density at radius 1 is 0.966 bits per heavy atom. The normalized spacial score (nSPS) is 19.3. The van der Waals surface area contributed by atoms with Crippen LogP contribution in [0.5, 0.6) is 0 Å². The third-order valence-electron chi connectivity index (χ3n) is 5.42. The van der Waals surface area contributed by atoms with Gasteiger partial charge in [0, 0.05) is 20.6 Å². The molecule has 1 unspecified atom stereocenters. The molecule has 1 aliphatic rings. The first-order chi connectivity index (χ1) is 13.9. The molecule has 1 aliphatic heterocycles. The number of Topliss-reactive ketones (excluding diaryl/α,β-unsaturated/α-hetero) is 1. The van der Waals surface area contributed by atoms with Gasteiger partial charge in [0.25, 0.3) is 5.91 Å². The molecule has 5 nitrogen and oxygen atoms in total. The molecule has 0 saturated carbocycles. The maximum Gasteiger partial charge on any atom is 0.255 e. The average Bonchev–Trinajstić information content (AvgIpc) is 2.93. The molecule has 152 valence electrons. The Morgan fingerprint density at radius 2 is 1.48 bits per heavy atom. The van der Waals surface area contributed by atoms with Crippen molar-refractivity contribution in [3.8, 4) is 0 Å². The predicted molar refractivity (Wildman–Crippen MR) is 113 cm³/mol. The molecule has 2 aromatic rings. The lowest BCUT2D eigenvalue weighted by atomic mass is 9.81. The molecule has 5 heteroatoms. The van der Waals surface area contributed by atoms with Crippen LogP contribution in [0.25, 0.3) is 11.1 Å². The number of hydrogen-bond acceptors (Lipinski definition) is 4. The van der Waals surface area contributed by atoms with E-state index in [9.17, 15) is 9.59 Å². The number of rotatable bonds is 8. The average molecular weight is 393 g/mol. The summed E-state index contributed by atoms with van der Waals surface area (Å²) in [5, 5.41) is 0. The fraction of sp³-hybridized carbons (Fsp3) is 0.333. The van der Waals surface area contributed by atoms with Crippen LogP contribution in [0.2, 0.25) is 0 Å². The molecule has 0 aromatic heterocycles. The molecule has 0 saturated heterocycles. The zero-order chi connectivity index (χ0) is 21.0. The molecule has 1 atom stereocenters. The molecule has 0 fully saturated rings. The Morgan fingerprint density at radius 3 is 1.97 bits per heavy atom. The fourth-order valence-electron chi connectivity index (χ4n) is 4.15. The first kappa shape index (κ1) is 21.0. The van der Waals surface area contributed by atoms with E-state index in [1.165, 1.54) is 0 Å². The van der Waals surface area contributed by atoms with Crippen LogP contribution in [0.1, 0.15) is 31.4 Å². The third kappa shape index (κ3) is 4.02. The lowest BCUT2D eigenvalue weighted by Crippen LogP contribution is -2.50. The summed E-state index contributed by atoms with van der Waals surface area (Å²) in [6, 6.07) is 19.4. The summed E-state index contributed by atoms with van der Waals surface area (Å²) in [6.07, 6.45) is -0.378. The number of carbonyl (C=O) groups excluding carboxylic acids is 2. The van der Waals surface area contributed by atoms with Crippen molar-refractivity contribution in [2.24, 2.45) is 0 Å². The fourth-order valence-corrected chi connectivity index (χ4v) is 4.15. The highest BCUT2D eigenvalue weighted by Crippen LogP contribution is 2.47. The molecule has 0 bridgehead atoms. The topological polar surface area (TPSA) is 55.8 Å². The molecular formula is C24H27NO4. The van der Waals surface area contributed by atoms with E-state index in [2.05, 4.69) is 0 Å². The van der Waals surface area contributed by atoms with Crippen LogP contribution in [0.4, 0.5) is 0 Å². The van der Waals surface area contributed by atoms with E-state index in [-0.39, 0.29) is 24.7 Å². The van der Waals surface area contributed by atoms with Gasteiger partial charge in [-0.2, -0.15) is 0 Å². The van der Waals surface area contributed by atoms with Gasteiger partial charge in [-0.05, 0) is 30.5 Å². The maximum atomic E-state index is 13.7. The standard InChI is InChI=1S/C24H27NO4/c1-17(26)15-24(2)22(19-13-9-6-10-14-19)21(18-11-7-5-8-12-18)23(27)25(24)16-20(28-3)29-4/h5-14,20H,15-16H2,1-4H3. The van der Waals surface area contributed by atoms with Crippen molar-refractivity contribution in [3.05, 3.63) is 71.8 Å². The minimum atomic E-state index is -0.815. The lowest BCUT2D eigenvalue weighted by molar-refractivity contribution is -0.146. The molecule has 1 amide bonds. The van der Waals surface area contributed by atoms with Crippen molar-refractivity contribution in [1.29, 1.82) is 0 Å². The second-order valence-corrected chi connectivity index (χ2v) is 7.45. The van der Waals surface area contributed by atoms with E-state index in [0.717, 1.165) is 16.7 Å². The molecule has 2 aromatic carbocycles. The Kier molecular flexibility index (Phi) is 6.30. The van der Waals surface area contributed by atoms with Crippen molar-refractivity contribution in [1.82, 2.24) is 4.90 Å². The summed E-state index contributed by atoms with van der Waals surface area (Å²) >= 11 is 0.